The third-order valence-corrected chi connectivity index (χ3v) is 2.77. The van der Waals surface area contributed by atoms with Crippen molar-refractivity contribution in [2.24, 2.45) is 0 Å². The predicted octanol–water partition coefficient (Wildman–Crippen LogP) is 0.549. The molecule has 0 unspecified atom stereocenters. The summed E-state index contributed by atoms with van der Waals surface area (Å²) in [4.78, 5) is 4.56. The molecule has 1 heterocycles. The molecule has 5 nitrogen and oxygen atoms in total. The van der Waals surface area contributed by atoms with Crippen LogP contribution in [-0.4, -0.2) is 48.4 Å². The maximum Gasteiger partial charge on any atom is 0.117 e. The van der Waals surface area contributed by atoms with Gasteiger partial charge in [0.15, 0.2) is 0 Å². The highest BCUT2D eigenvalue weighted by atomic mass is 16.3. The van der Waals surface area contributed by atoms with Crippen molar-refractivity contribution in [1.29, 1.82) is 0 Å². The Morgan fingerprint density at radius 2 is 2.25 bits per heavy atom. The van der Waals surface area contributed by atoms with E-state index < -0.39 is 0 Å². The molecule has 16 heavy (non-hydrogen) atoms. The highest BCUT2D eigenvalue weighted by Gasteiger charge is 2.15. The number of aromatic hydroxyl groups is 1. The molecular weight excluding hydrogens is 204 g/mol. The Hall–Kier alpha value is -1.46. The first-order valence-corrected chi connectivity index (χ1v) is 5.38. The van der Waals surface area contributed by atoms with Crippen LogP contribution in [0.2, 0.25) is 0 Å². The zero-order valence-corrected chi connectivity index (χ0v) is 9.48. The van der Waals surface area contributed by atoms with Crippen molar-refractivity contribution >= 4 is 11.4 Å². The van der Waals surface area contributed by atoms with Crippen LogP contribution in [0.3, 0.4) is 0 Å². The SMILES string of the molecule is CN1CCN(CNc2ccc(O)cc2N)C1. The first-order chi connectivity index (χ1) is 7.65. The number of nitrogen functional groups attached to an aromatic ring is 1. The number of nitrogens with two attached hydrogens (primary N) is 1. The Labute approximate surface area is 95.5 Å². The molecule has 1 aliphatic heterocycles. The number of hydrogen-bond donors (Lipinski definition) is 3. The summed E-state index contributed by atoms with van der Waals surface area (Å²) in [6, 6.07) is 4.98. The van der Waals surface area contributed by atoms with E-state index in [4.69, 9.17) is 5.73 Å². The molecule has 0 spiro atoms. The number of hydrogen-bond acceptors (Lipinski definition) is 5. The van der Waals surface area contributed by atoms with Crippen molar-refractivity contribution in [2.75, 3.05) is 44.5 Å². The molecule has 0 aromatic heterocycles. The van der Waals surface area contributed by atoms with E-state index in [0.717, 1.165) is 32.1 Å². The van der Waals surface area contributed by atoms with E-state index in [9.17, 15) is 5.11 Å². The lowest BCUT2D eigenvalue weighted by Gasteiger charge is -2.17. The van der Waals surface area contributed by atoms with Gasteiger partial charge in [-0.05, 0) is 19.2 Å². The van der Waals surface area contributed by atoms with Crippen LogP contribution in [-0.2, 0) is 0 Å². The fourth-order valence-corrected chi connectivity index (χ4v) is 1.83. The number of phenols is 1. The van der Waals surface area contributed by atoms with Crippen LogP contribution >= 0.6 is 0 Å². The van der Waals surface area contributed by atoms with E-state index >= 15 is 0 Å². The lowest BCUT2D eigenvalue weighted by molar-refractivity contribution is 0.289. The van der Waals surface area contributed by atoms with Gasteiger partial charge in [0.2, 0.25) is 0 Å². The average molecular weight is 222 g/mol. The topological polar surface area (TPSA) is 64.8 Å². The van der Waals surface area contributed by atoms with Gasteiger partial charge in [-0.1, -0.05) is 0 Å². The number of nitrogens with zero attached hydrogens (tertiary/aromatic N) is 2. The second-order valence-electron chi connectivity index (χ2n) is 4.22. The Balaban J connectivity index is 1.89. The van der Waals surface area contributed by atoms with Crippen molar-refractivity contribution in [1.82, 2.24) is 9.80 Å². The normalized spacial score (nSPS) is 17.8. The number of rotatable bonds is 3. The lowest BCUT2D eigenvalue weighted by atomic mass is 10.2. The van der Waals surface area contributed by atoms with Gasteiger partial charge in [0, 0.05) is 19.2 Å². The summed E-state index contributed by atoms with van der Waals surface area (Å²) in [5, 5.41) is 12.5. The van der Waals surface area contributed by atoms with Crippen LogP contribution in [0.5, 0.6) is 5.75 Å². The van der Waals surface area contributed by atoms with Crippen LogP contribution in [0.4, 0.5) is 11.4 Å². The molecule has 1 aromatic rings. The van der Waals surface area contributed by atoms with E-state index in [0.29, 0.717) is 5.69 Å². The van der Waals surface area contributed by atoms with Crippen LogP contribution in [0.1, 0.15) is 0 Å². The molecule has 0 amide bonds. The zero-order valence-electron chi connectivity index (χ0n) is 9.48. The number of likely N-dealkylation sites (N-methyl/N-ethyl adjacent to an activating group) is 1. The molecule has 5 heteroatoms. The van der Waals surface area contributed by atoms with E-state index in [1.54, 1.807) is 18.2 Å². The van der Waals surface area contributed by atoms with Crippen LogP contribution in [0.15, 0.2) is 18.2 Å². The van der Waals surface area contributed by atoms with Gasteiger partial charge in [-0.15, -0.1) is 0 Å². The minimum atomic E-state index is 0.198. The van der Waals surface area contributed by atoms with Crippen LogP contribution < -0.4 is 11.1 Å². The fourth-order valence-electron chi connectivity index (χ4n) is 1.83. The monoisotopic (exact) mass is 222 g/mol. The Kier molecular flexibility index (Phi) is 3.17. The molecule has 1 saturated heterocycles. The maximum absolute atomic E-state index is 9.23. The number of phenolic OH excluding ortho intramolecular Hbond substituents is 1. The predicted molar refractivity (Wildman–Crippen MR) is 65.2 cm³/mol. The van der Waals surface area contributed by atoms with E-state index in [2.05, 4.69) is 22.2 Å². The van der Waals surface area contributed by atoms with Crippen LogP contribution in [0.25, 0.3) is 0 Å². The summed E-state index contributed by atoms with van der Waals surface area (Å²) in [5.74, 6) is 0.198. The van der Waals surface area contributed by atoms with Gasteiger partial charge in [0.05, 0.1) is 24.7 Å². The van der Waals surface area contributed by atoms with Crippen molar-refractivity contribution in [2.45, 2.75) is 0 Å². The molecule has 0 bridgehead atoms. The minimum absolute atomic E-state index is 0.198. The van der Waals surface area contributed by atoms with E-state index in [-0.39, 0.29) is 5.75 Å². The third-order valence-electron chi connectivity index (χ3n) is 2.77. The lowest BCUT2D eigenvalue weighted by Crippen LogP contribution is -2.28. The molecule has 0 atom stereocenters. The van der Waals surface area contributed by atoms with Gasteiger partial charge >= 0.3 is 0 Å². The molecular formula is C11H18N4O. The summed E-state index contributed by atoms with van der Waals surface area (Å²) in [6.07, 6.45) is 0. The molecule has 0 aliphatic carbocycles. The molecule has 0 saturated carbocycles. The maximum atomic E-state index is 9.23. The first kappa shape index (κ1) is 11.0. The second kappa shape index (κ2) is 4.59. The second-order valence-corrected chi connectivity index (χ2v) is 4.22. The van der Waals surface area contributed by atoms with Gasteiger partial charge in [0.25, 0.3) is 0 Å². The summed E-state index contributed by atoms with van der Waals surface area (Å²) in [7, 11) is 2.11. The smallest absolute Gasteiger partial charge is 0.117 e. The first-order valence-electron chi connectivity index (χ1n) is 5.38. The summed E-state index contributed by atoms with van der Waals surface area (Å²) in [6.45, 7) is 3.93. The third kappa shape index (κ3) is 2.56. The fraction of sp³-hybridized carbons (Fsp3) is 0.455. The van der Waals surface area contributed by atoms with Gasteiger partial charge in [-0.3, -0.25) is 9.80 Å². The largest absolute Gasteiger partial charge is 0.508 e. The van der Waals surface area contributed by atoms with Gasteiger partial charge in [-0.2, -0.15) is 0 Å². The summed E-state index contributed by atoms with van der Waals surface area (Å²) >= 11 is 0. The Morgan fingerprint density at radius 1 is 1.44 bits per heavy atom. The minimum Gasteiger partial charge on any atom is -0.508 e. The van der Waals surface area contributed by atoms with Gasteiger partial charge in [-0.25, -0.2) is 0 Å². The van der Waals surface area contributed by atoms with Crippen molar-refractivity contribution in [3.05, 3.63) is 18.2 Å². The highest BCUT2D eigenvalue weighted by Crippen LogP contribution is 2.23. The van der Waals surface area contributed by atoms with Crippen molar-refractivity contribution in [3.8, 4) is 5.75 Å². The number of benzene rings is 1. The van der Waals surface area contributed by atoms with Crippen LogP contribution in [0, 0.1) is 0 Å². The Bertz CT molecular complexity index is 369. The molecule has 4 N–H and O–H groups in total. The molecule has 1 aromatic carbocycles. The zero-order chi connectivity index (χ0) is 11.5. The van der Waals surface area contributed by atoms with Crippen molar-refractivity contribution < 1.29 is 5.11 Å². The highest BCUT2D eigenvalue weighted by molar-refractivity contribution is 5.67. The average Bonchev–Trinajstić information content (AvgIpc) is 2.63. The molecule has 1 aliphatic rings. The Morgan fingerprint density at radius 3 is 2.88 bits per heavy atom. The van der Waals surface area contributed by atoms with E-state index in [1.807, 2.05) is 0 Å². The standard InChI is InChI=1S/C11H18N4O/c1-14-4-5-15(8-14)7-13-11-3-2-9(16)6-10(11)12/h2-3,6,13,16H,4-5,7-8,12H2,1H3. The number of nitrogens with one attached hydrogen (secondary N) is 1. The summed E-state index contributed by atoms with van der Waals surface area (Å²) in [5.41, 5.74) is 7.23. The number of anilines is 2. The summed E-state index contributed by atoms with van der Waals surface area (Å²) < 4.78 is 0. The molecule has 2 rings (SSSR count). The van der Waals surface area contributed by atoms with Crippen molar-refractivity contribution in [3.63, 3.8) is 0 Å². The molecule has 88 valence electrons. The quantitative estimate of drug-likeness (QED) is 0.515. The molecule has 0 radical (unpaired) electrons. The van der Waals surface area contributed by atoms with Gasteiger partial charge in [0.1, 0.15) is 5.75 Å². The van der Waals surface area contributed by atoms with Gasteiger partial charge < -0.3 is 16.2 Å². The van der Waals surface area contributed by atoms with E-state index in [1.165, 1.54) is 0 Å². The molecule has 1 fully saturated rings.